The van der Waals surface area contributed by atoms with Crippen molar-refractivity contribution in [2.45, 2.75) is 31.8 Å². The standard InChI is InChI=1S/C18H21N3S/c22-18(20-13-15-7-2-1-3-8-15)21-12-5-4-10-17(21)16-9-6-11-19-14-16/h1-3,6-9,11,14,17H,4-5,10,12-13H2,(H,20,22)/t17-/m0/s1. The van der Waals surface area contributed by atoms with Crippen LogP contribution < -0.4 is 5.32 Å². The van der Waals surface area contributed by atoms with Gasteiger partial charge >= 0.3 is 0 Å². The molecule has 2 heterocycles. The van der Waals surface area contributed by atoms with Gasteiger partial charge in [-0.15, -0.1) is 0 Å². The molecule has 3 rings (SSSR count). The van der Waals surface area contributed by atoms with E-state index in [-0.39, 0.29) is 0 Å². The van der Waals surface area contributed by atoms with Crippen LogP contribution in [0, 0.1) is 0 Å². The van der Waals surface area contributed by atoms with Crippen molar-refractivity contribution in [3.8, 4) is 0 Å². The van der Waals surface area contributed by atoms with Crippen molar-refractivity contribution in [2.75, 3.05) is 6.54 Å². The predicted octanol–water partition coefficient (Wildman–Crippen LogP) is 3.68. The smallest absolute Gasteiger partial charge is 0.169 e. The van der Waals surface area contributed by atoms with E-state index in [1.54, 1.807) is 0 Å². The number of hydrogen-bond donors (Lipinski definition) is 1. The van der Waals surface area contributed by atoms with Crippen molar-refractivity contribution < 1.29 is 0 Å². The fourth-order valence-electron chi connectivity index (χ4n) is 2.97. The molecule has 0 aliphatic carbocycles. The summed E-state index contributed by atoms with van der Waals surface area (Å²) in [6.45, 7) is 1.79. The first-order valence-corrected chi connectivity index (χ1v) is 8.24. The predicted molar refractivity (Wildman–Crippen MR) is 93.4 cm³/mol. The Balaban J connectivity index is 1.66. The van der Waals surface area contributed by atoms with Crippen LogP contribution in [0.5, 0.6) is 0 Å². The van der Waals surface area contributed by atoms with Gasteiger partial charge in [-0.2, -0.15) is 0 Å². The van der Waals surface area contributed by atoms with Gasteiger partial charge in [0.2, 0.25) is 0 Å². The van der Waals surface area contributed by atoms with Gasteiger partial charge in [0.15, 0.2) is 5.11 Å². The Morgan fingerprint density at radius 3 is 2.82 bits per heavy atom. The summed E-state index contributed by atoms with van der Waals surface area (Å²) in [6.07, 6.45) is 7.37. The van der Waals surface area contributed by atoms with Crippen molar-refractivity contribution in [2.24, 2.45) is 0 Å². The minimum Gasteiger partial charge on any atom is -0.358 e. The van der Waals surface area contributed by atoms with E-state index < -0.39 is 0 Å². The van der Waals surface area contributed by atoms with Crippen LogP contribution in [0.25, 0.3) is 0 Å². The number of nitrogens with one attached hydrogen (secondary N) is 1. The van der Waals surface area contributed by atoms with Crippen LogP contribution >= 0.6 is 12.2 Å². The molecule has 4 heteroatoms. The number of thiocarbonyl (C=S) groups is 1. The highest BCUT2D eigenvalue weighted by Gasteiger charge is 2.25. The largest absolute Gasteiger partial charge is 0.358 e. The molecular weight excluding hydrogens is 290 g/mol. The van der Waals surface area contributed by atoms with E-state index in [2.05, 4.69) is 45.5 Å². The quantitative estimate of drug-likeness (QED) is 0.875. The maximum absolute atomic E-state index is 5.64. The molecule has 0 amide bonds. The maximum atomic E-state index is 5.64. The first-order chi connectivity index (χ1) is 10.8. The molecule has 0 saturated carbocycles. The van der Waals surface area contributed by atoms with Crippen molar-refractivity contribution >= 4 is 17.3 Å². The zero-order chi connectivity index (χ0) is 15.2. The van der Waals surface area contributed by atoms with Crippen molar-refractivity contribution in [1.29, 1.82) is 0 Å². The highest BCUT2D eigenvalue weighted by atomic mass is 32.1. The molecule has 3 nitrogen and oxygen atoms in total. The van der Waals surface area contributed by atoms with E-state index >= 15 is 0 Å². The van der Waals surface area contributed by atoms with Gasteiger partial charge in [-0.1, -0.05) is 36.4 Å². The molecule has 0 spiro atoms. The summed E-state index contributed by atoms with van der Waals surface area (Å²) < 4.78 is 0. The lowest BCUT2D eigenvalue weighted by atomic mass is 9.97. The monoisotopic (exact) mass is 311 g/mol. The van der Waals surface area contributed by atoms with Crippen LogP contribution in [0.1, 0.15) is 36.4 Å². The number of nitrogens with zero attached hydrogens (tertiary/aromatic N) is 2. The van der Waals surface area contributed by atoms with E-state index in [0.29, 0.717) is 6.04 Å². The Kier molecular flexibility index (Phi) is 5.01. The molecule has 2 aromatic rings. The summed E-state index contributed by atoms with van der Waals surface area (Å²) in [4.78, 5) is 6.58. The van der Waals surface area contributed by atoms with Gasteiger partial charge in [0.05, 0.1) is 6.04 Å². The molecule has 22 heavy (non-hydrogen) atoms. The zero-order valence-corrected chi connectivity index (χ0v) is 13.4. The summed E-state index contributed by atoms with van der Waals surface area (Å²) in [7, 11) is 0. The molecule has 1 fully saturated rings. The minimum absolute atomic E-state index is 0.346. The highest BCUT2D eigenvalue weighted by Crippen LogP contribution is 2.30. The van der Waals surface area contributed by atoms with Gasteiger partial charge in [-0.25, -0.2) is 0 Å². The second-order valence-electron chi connectivity index (χ2n) is 5.64. The third kappa shape index (κ3) is 3.63. The maximum Gasteiger partial charge on any atom is 0.169 e. The molecule has 1 aliphatic heterocycles. The SMILES string of the molecule is S=C(NCc1ccccc1)N1CCCC[C@H]1c1cccnc1. The fraction of sp³-hybridized carbons (Fsp3) is 0.333. The van der Waals surface area contributed by atoms with Crippen LogP contribution in [-0.4, -0.2) is 21.5 Å². The van der Waals surface area contributed by atoms with Gasteiger partial charge in [0.1, 0.15) is 0 Å². The highest BCUT2D eigenvalue weighted by molar-refractivity contribution is 7.80. The lowest BCUT2D eigenvalue weighted by Crippen LogP contribution is -2.44. The summed E-state index contributed by atoms with van der Waals surface area (Å²) in [5, 5.41) is 4.25. The topological polar surface area (TPSA) is 28.2 Å². The van der Waals surface area contributed by atoms with Crippen LogP contribution in [0.15, 0.2) is 54.9 Å². The van der Waals surface area contributed by atoms with Gasteiger partial charge in [-0.05, 0) is 48.7 Å². The average molecular weight is 311 g/mol. The molecule has 1 aliphatic rings. The van der Waals surface area contributed by atoms with E-state index in [0.717, 1.165) is 24.6 Å². The summed E-state index contributed by atoms with van der Waals surface area (Å²) in [5.41, 5.74) is 2.51. The third-order valence-corrected chi connectivity index (χ3v) is 4.50. The molecule has 1 atom stereocenters. The van der Waals surface area contributed by atoms with E-state index in [1.165, 1.54) is 24.0 Å². The van der Waals surface area contributed by atoms with Crippen LogP contribution in [-0.2, 0) is 6.54 Å². The van der Waals surface area contributed by atoms with E-state index in [1.807, 2.05) is 24.5 Å². The van der Waals surface area contributed by atoms with E-state index in [9.17, 15) is 0 Å². The molecule has 0 radical (unpaired) electrons. The molecule has 1 saturated heterocycles. The Morgan fingerprint density at radius 2 is 2.05 bits per heavy atom. The lowest BCUT2D eigenvalue weighted by Gasteiger charge is -2.37. The third-order valence-electron chi connectivity index (χ3n) is 4.12. The number of rotatable bonds is 3. The number of piperidine rings is 1. The Hall–Kier alpha value is -1.94. The molecule has 1 aromatic carbocycles. The molecule has 0 bridgehead atoms. The molecular formula is C18H21N3S. The van der Waals surface area contributed by atoms with Crippen molar-refractivity contribution in [3.05, 3.63) is 66.0 Å². The van der Waals surface area contributed by atoms with E-state index in [4.69, 9.17) is 12.2 Å². The number of benzene rings is 1. The average Bonchev–Trinajstić information content (AvgIpc) is 2.61. The lowest BCUT2D eigenvalue weighted by molar-refractivity contribution is 0.241. The second-order valence-corrected chi connectivity index (χ2v) is 6.02. The number of pyridine rings is 1. The second kappa shape index (κ2) is 7.36. The normalized spacial score (nSPS) is 18.0. The van der Waals surface area contributed by atoms with Crippen LogP contribution in [0.2, 0.25) is 0 Å². The summed E-state index contributed by atoms with van der Waals surface area (Å²) in [6, 6.07) is 14.9. The van der Waals surface area contributed by atoms with Gasteiger partial charge in [0.25, 0.3) is 0 Å². The van der Waals surface area contributed by atoms with Crippen molar-refractivity contribution in [1.82, 2.24) is 15.2 Å². The minimum atomic E-state index is 0.346. The first-order valence-electron chi connectivity index (χ1n) is 7.83. The number of hydrogen-bond acceptors (Lipinski definition) is 2. The molecule has 1 aromatic heterocycles. The van der Waals surface area contributed by atoms with Gasteiger partial charge in [0, 0.05) is 25.5 Å². The van der Waals surface area contributed by atoms with Crippen molar-refractivity contribution in [3.63, 3.8) is 0 Å². The molecule has 114 valence electrons. The van der Waals surface area contributed by atoms with Crippen LogP contribution in [0.4, 0.5) is 0 Å². The zero-order valence-electron chi connectivity index (χ0n) is 12.6. The fourth-order valence-corrected chi connectivity index (χ4v) is 3.26. The summed E-state index contributed by atoms with van der Waals surface area (Å²) >= 11 is 5.64. The first kappa shape index (κ1) is 15.0. The number of aromatic nitrogens is 1. The molecule has 0 unspecified atom stereocenters. The van der Waals surface area contributed by atoms with Crippen LogP contribution in [0.3, 0.4) is 0 Å². The Bertz CT molecular complexity index is 600. The van der Waals surface area contributed by atoms with Gasteiger partial charge in [-0.3, -0.25) is 4.98 Å². The Labute approximate surface area is 137 Å². The van der Waals surface area contributed by atoms with Gasteiger partial charge < -0.3 is 10.2 Å². The number of likely N-dealkylation sites (tertiary alicyclic amines) is 1. The Morgan fingerprint density at radius 1 is 1.18 bits per heavy atom. The molecule has 1 N–H and O–H groups in total. The summed E-state index contributed by atoms with van der Waals surface area (Å²) in [5.74, 6) is 0.